The molecule has 1 N–H and O–H groups in total. The minimum atomic E-state index is 0. The Morgan fingerprint density at radius 1 is 1.48 bits per heavy atom. The van der Waals surface area contributed by atoms with Crippen LogP contribution >= 0.6 is 23.7 Å². The molecule has 0 aromatic carbocycles. The van der Waals surface area contributed by atoms with Gasteiger partial charge in [0.2, 0.25) is 0 Å². The third-order valence-corrected chi connectivity index (χ3v) is 5.18. The monoisotopic (exact) mass is 331 g/mol. The number of thiazole rings is 1. The molecule has 0 spiro atoms. The number of aromatic nitrogens is 1. The van der Waals surface area contributed by atoms with E-state index in [9.17, 15) is 4.79 Å². The van der Waals surface area contributed by atoms with E-state index in [1.807, 2.05) is 17.3 Å². The summed E-state index contributed by atoms with van der Waals surface area (Å²) < 4.78 is 5.05. The summed E-state index contributed by atoms with van der Waals surface area (Å²) in [7, 11) is 3.55. The zero-order valence-electron chi connectivity index (χ0n) is 12.4. The second-order valence-corrected chi connectivity index (χ2v) is 6.68. The van der Waals surface area contributed by atoms with Crippen LogP contribution in [0.1, 0.15) is 41.2 Å². The summed E-state index contributed by atoms with van der Waals surface area (Å²) in [5.41, 5.74) is 0.551. The van der Waals surface area contributed by atoms with Crippen LogP contribution in [0.4, 0.5) is 0 Å². The molecule has 0 radical (unpaired) electrons. The first-order valence-electron chi connectivity index (χ1n) is 7.14. The molecule has 2 saturated heterocycles. The van der Waals surface area contributed by atoms with Crippen LogP contribution in [-0.4, -0.2) is 48.1 Å². The smallest absolute Gasteiger partial charge is 0.273 e. The van der Waals surface area contributed by atoms with Crippen LogP contribution < -0.4 is 5.32 Å². The SMILES string of the molecule is COCc1nc(C(=O)N(C)C2CC3CCC(C2)N3)cs1.Cl. The number of nitrogens with zero attached hydrogens (tertiary/aromatic N) is 2. The number of nitrogens with one attached hydrogen (secondary N) is 1. The summed E-state index contributed by atoms with van der Waals surface area (Å²) in [6, 6.07) is 1.52. The largest absolute Gasteiger partial charge is 0.378 e. The molecule has 2 aliphatic heterocycles. The number of carbonyl (C=O) groups excluding carboxylic acids is 1. The fourth-order valence-corrected chi connectivity index (χ4v) is 4.03. The number of ether oxygens (including phenoxy) is 1. The van der Waals surface area contributed by atoms with Crippen LogP contribution in [0.5, 0.6) is 0 Å². The maximum absolute atomic E-state index is 12.5. The van der Waals surface area contributed by atoms with Gasteiger partial charge in [-0.1, -0.05) is 0 Å². The van der Waals surface area contributed by atoms with E-state index >= 15 is 0 Å². The van der Waals surface area contributed by atoms with E-state index in [2.05, 4.69) is 10.3 Å². The second kappa shape index (κ2) is 7.05. The van der Waals surface area contributed by atoms with Crippen molar-refractivity contribution in [2.24, 2.45) is 0 Å². The van der Waals surface area contributed by atoms with Gasteiger partial charge in [-0.3, -0.25) is 4.79 Å². The van der Waals surface area contributed by atoms with Crippen LogP contribution in [0.3, 0.4) is 0 Å². The number of carbonyl (C=O) groups is 1. The van der Waals surface area contributed by atoms with E-state index in [1.54, 1.807) is 7.11 Å². The van der Waals surface area contributed by atoms with Crippen molar-refractivity contribution < 1.29 is 9.53 Å². The maximum atomic E-state index is 12.5. The zero-order chi connectivity index (χ0) is 14.1. The summed E-state index contributed by atoms with van der Waals surface area (Å²) in [6.07, 6.45) is 4.62. The van der Waals surface area contributed by atoms with Gasteiger partial charge in [0.25, 0.3) is 5.91 Å². The minimum absolute atomic E-state index is 0. The highest BCUT2D eigenvalue weighted by Gasteiger charge is 2.36. The fourth-order valence-electron chi connectivity index (χ4n) is 3.29. The Labute approximate surface area is 135 Å². The molecular formula is C14H22ClN3O2S. The van der Waals surface area contributed by atoms with Crippen molar-refractivity contribution in [3.05, 3.63) is 16.1 Å². The number of methoxy groups -OCH3 is 1. The first-order valence-corrected chi connectivity index (χ1v) is 8.02. The highest BCUT2D eigenvalue weighted by Crippen LogP contribution is 2.29. The molecule has 0 saturated carbocycles. The molecule has 2 aliphatic rings. The molecule has 1 amide bonds. The standard InChI is InChI=1S/C14H21N3O2S.ClH/c1-17(11-5-9-3-4-10(6-11)15-9)14(18)12-8-20-13(16-12)7-19-2;/h8-11,15H,3-7H2,1-2H3;1H. The Kier molecular flexibility index (Phi) is 5.60. The van der Waals surface area contributed by atoms with Gasteiger partial charge in [-0.05, 0) is 25.7 Å². The summed E-state index contributed by atoms with van der Waals surface area (Å²) in [6.45, 7) is 0.471. The lowest BCUT2D eigenvalue weighted by atomic mass is 9.98. The van der Waals surface area contributed by atoms with E-state index in [0.29, 0.717) is 30.4 Å². The van der Waals surface area contributed by atoms with Gasteiger partial charge in [-0.15, -0.1) is 23.7 Å². The number of hydrogen-bond acceptors (Lipinski definition) is 5. The number of hydrogen-bond donors (Lipinski definition) is 1. The summed E-state index contributed by atoms with van der Waals surface area (Å²) in [5.74, 6) is 0.0369. The quantitative estimate of drug-likeness (QED) is 0.917. The molecule has 1 aromatic heterocycles. The molecule has 1 aromatic rings. The molecule has 2 atom stereocenters. The normalized spacial score (nSPS) is 27.2. The molecule has 0 aliphatic carbocycles. The lowest BCUT2D eigenvalue weighted by molar-refractivity contribution is 0.0676. The highest BCUT2D eigenvalue weighted by atomic mass is 35.5. The van der Waals surface area contributed by atoms with E-state index in [1.165, 1.54) is 24.2 Å². The summed E-state index contributed by atoms with van der Waals surface area (Å²) >= 11 is 1.48. The van der Waals surface area contributed by atoms with E-state index in [0.717, 1.165) is 17.8 Å². The number of piperidine rings is 1. The van der Waals surface area contributed by atoms with Crippen molar-refractivity contribution in [3.63, 3.8) is 0 Å². The maximum Gasteiger partial charge on any atom is 0.273 e. The second-order valence-electron chi connectivity index (χ2n) is 5.74. The Morgan fingerprint density at radius 2 is 2.14 bits per heavy atom. The van der Waals surface area contributed by atoms with Crippen LogP contribution in [-0.2, 0) is 11.3 Å². The first kappa shape index (κ1) is 16.7. The van der Waals surface area contributed by atoms with E-state index in [4.69, 9.17) is 4.74 Å². The van der Waals surface area contributed by atoms with Crippen LogP contribution in [0.2, 0.25) is 0 Å². The van der Waals surface area contributed by atoms with Crippen molar-refractivity contribution in [1.82, 2.24) is 15.2 Å². The lowest BCUT2D eigenvalue weighted by Crippen LogP contribution is -2.48. The topological polar surface area (TPSA) is 54.5 Å². The zero-order valence-corrected chi connectivity index (χ0v) is 14.0. The van der Waals surface area contributed by atoms with Crippen molar-refractivity contribution in [3.8, 4) is 0 Å². The average molecular weight is 332 g/mol. The van der Waals surface area contributed by atoms with E-state index < -0.39 is 0 Å². The molecule has 3 rings (SSSR count). The molecule has 118 valence electrons. The predicted octanol–water partition coefficient (Wildman–Crippen LogP) is 2.07. The van der Waals surface area contributed by atoms with Gasteiger partial charge in [-0.25, -0.2) is 4.98 Å². The number of halogens is 1. The van der Waals surface area contributed by atoms with E-state index in [-0.39, 0.29) is 18.3 Å². The van der Waals surface area contributed by atoms with Crippen molar-refractivity contribution in [2.75, 3.05) is 14.2 Å². The Morgan fingerprint density at radius 3 is 2.76 bits per heavy atom. The van der Waals surface area contributed by atoms with Crippen molar-refractivity contribution in [1.29, 1.82) is 0 Å². The average Bonchev–Trinajstić information content (AvgIpc) is 3.04. The van der Waals surface area contributed by atoms with Gasteiger partial charge in [0.05, 0.1) is 6.61 Å². The lowest BCUT2D eigenvalue weighted by Gasteiger charge is -2.35. The molecule has 3 heterocycles. The van der Waals surface area contributed by atoms with Gasteiger partial charge < -0.3 is 15.0 Å². The van der Waals surface area contributed by atoms with Gasteiger partial charge in [0.15, 0.2) is 0 Å². The third kappa shape index (κ3) is 3.56. The van der Waals surface area contributed by atoms with Gasteiger partial charge in [0, 0.05) is 37.7 Å². The number of amides is 1. The van der Waals surface area contributed by atoms with Gasteiger partial charge in [-0.2, -0.15) is 0 Å². The summed E-state index contributed by atoms with van der Waals surface area (Å²) in [5, 5.41) is 6.30. The van der Waals surface area contributed by atoms with Crippen LogP contribution in [0.25, 0.3) is 0 Å². The molecule has 2 unspecified atom stereocenters. The van der Waals surface area contributed by atoms with Gasteiger partial charge in [0.1, 0.15) is 10.7 Å². The predicted molar refractivity (Wildman–Crippen MR) is 85.1 cm³/mol. The van der Waals surface area contributed by atoms with Crippen LogP contribution in [0, 0.1) is 0 Å². The number of fused-ring (bicyclic) bond motifs is 2. The first-order chi connectivity index (χ1) is 9.67. The Bertz CT molecular complexity index is 484. The molecule has 2 fully saturated rings. The Hall–Kier alpha value is -0.690. The van der Waals surface area contributed by atoms with Crippen LogP contribution in [0.15, 0.2) is 5.38 Å². The fraction of sp³-hybridized carbons (Fsp3) is 0.714. The molecular weight excluding hydrogens is 310 g/mol. The minimum Gasteiger partial charge on any atom is -0.378 e. The molecule has 21 heavy (non-hydrogen) atoms. The van der Waals surface area contributed by atoms with Crippen molar-refractivity contribution >= 4 is 29.7 Å². The highest BCUT2D eigenvalue weighted by molar-refractivity contribution is 7.09. The van der Waals surface area contributed by atoms with Gasteiger partial charge >= 0.3 is 0 Å². The molecule has 2 bridgehead atoms. The summed E-state index contributed by atoms with van der Waals surface area (Å²) in [4.78, 5) is 18.7. The molecule has 5 nitrogen and oxygen atoms in total. The van der Waals surface area contributed by atoms with Crippen molar-refractivity contribution in [2.45, 2.75) is 50.4 Å². The third-order valence-electron chi connectivity index (χ3n) is 4.35. The molecule has 7 heteroatoms. The Balaban J connectivity index is 0.00000161. The number of rotatable bonds is 4.